The average Bonchev–Trinajstić information content (AvgIpc) is 2.75. The van der Waals surface area contributed by atoms with Crippen LogP contribution in [0.3, 0.4) is 0 Å². The molecule has 0 aliphatic heterocycles. The summed E-state index contributed by atoms with van der Waals surface area (Å²) < 4.78 is 4.91. The van der Waals surface area contributed by atoms with Crippen molar-refractivity contribution >= 4 is 23.6 Å². The molecule has 7 nitrogen and oxygen atoms in total. The van der Waals surface area contributed by atoms with Gasteiger partial charge in [-0.3, -0.25) is 19.2 Å². The van der Waals surface area contributed by atoms with E-state index >= 15 is 0 Å². The maximum atomic E-state index is 12.2. The maximum absolute atomic E-state index is 12.2. The van der Waals surface area contributed by atoms with Crippen LogP contribution < -0.4 is 10.6 Å². The molecule has 0 aromatic heterocycles. The Morgan fingerprint density at radius 2 is 1.56 bits per heavy atom. The third-order valence-corrected chi connectivity index (χ3v) is 4.88. The SMILES string of the molecule is CC(=O)C(Cc1ccccc1)NC(=O)COC(=O)CNC(=O)c1ccc(C(C)(C)C)cc1. The van der Waals surface area contributed by atoms with E-state index in [-0.39, 0.29) is 17.7 Å². The zero-order chi connectivity index (χ0) is 23.7. The number of rotatable bonds is 9. The molecule has 2 rings (SSSR count). The summed E-state index contributed by atoms with van der Waals surface area (Å²) in [7, 11) is 0. The predicted molar refractivity (Wildman–Crippen MR) is 121 cm³/mol. The van der Waals surface area contributed by atoms with E-state index in [1.54, 1.807) is 12.1 Å². The van der Waals surface area contributed by atoms with Gasteiger partial charge in [-0.25, -0.2) is 0 Å². The van der Waals surface area contributed by atoms with E-state index in [1.807, 2.05) is 42.5 Å². The largest absolute Gasteiger partial charge is 0.454 e. The van der Waals surface area contributed by atoms with E-state index in [0.717, 1.165) is 11.1 Å². The van der Waals surface area contributed by atoms with Gasteiger partial charge in [0, 0.05) is 5.56 Å². The Morgan fingerprint density at radius 1 is 0.938 bits per heavy atom. The predicted octanol–water partition coefficient (Wildman–Crippen LogP) is 2.57. The second-order valence-corrected chi connectivity index (χ2v) is 8.59. The van der Waals surface area contributed by atoms with Crippen molar-refractivity contribution in [2.24, 2.45) is 0 Å². The lowest BCUT2D eigenvalue weighted by molar-refractivity contribution is -0.147. The molecule has 7 heteroatoms. The Hall–Kier alpha value is -3.48. The molecule has 32 heavy (non-hydrogen) atoms. The fourth-order valence-corrected chi connectivity index (χ4v) is 2.96. The van der Waals surface area contributed by atoms with Crippen LogP contribution in [0.15, 0.2) is 54.6 Å². The third kappa shape index (κ3) is 7.98. The quantitative estimate of drug-likeness (QED) is 0.586. The molecule has 0 saturated heterocycles. The summed E-state index contributed by atoms with van der Waals surface area (Å²) in [4.78, 5) is 48.0. The van der Waals surface area contributed by atoms with Crippen LogP contribution in [-0.2, 0) is 31.0 Å². The van der Waals surface area contributed by atoms with Crippen LogP contribution in [0.4, 0.5) is 0 Å². The van der Waals surface area contributed by atoms with Crippen molar-refractivity contribution in [2.75, 3.05) is 13.2 Å². The summed E-state index contributed by atoms with van der Waals surface area (Å²) in [6.45, 7) is 6.72. The lowest BCUT2D eigenvalue weighted by Gasteiger charge is -2.19. The Balaban J connectivity index is 1.77. The summed E-state index contributed by atoms with van der Waals surface area (Å²) >= 11 is 0. The Morgan fingerprint density at radius 3 is 2.12 bits per heavy atom. The number of amides is 2. The molecular weight excluding hydrogens is 408 g/mol. The zero-order valence-corrected chi connectivity index (χ0v) is 18.9. The zero-order valence-electron chi connectivity index (χ0n) is 18.9. The van der Waals surface area contributed by atoms with Crippen molar-refractivity contribution in [3.8, 4) is 0 Å². The topological polar surface area (TPSA) is 102 Å². The molecule has 0 spiro atoms. The van der Waals surface area contributed by atoms with Gasteiger partial charge >= 0.3 is 5.97 Å². The molecule has 0 aliphatic rings. The van der Waals surface area contributed by atoms with E-state index in [2.05, 4.69) is 31.4 Å². The standard InChI is InChI=1S/C25H30N2O5/c1-17(28)21(14-18-8-6-5-7-9-18)27-22(29)16-32-23(30)15-26-24(31)19-10-12-20(13-11-19)25(2,3)4/h5-13,21H,14-16H2,1-4H3,(H,26,31)(H,27,29). The van der Waals surface area contributed by atoms with Crippen molar-refractivity contribution in [2.45, 2.75) is 45.6 Å². The van der Waals surface area contributed by atoms with Crippen LogP contribution in [0.5, 0.6) is 0 Å². The smallest absolute Gasteiger partial charge is 0.325 e. The second kappa shape index (κ2) is 11.2. The van der Waals surface area contributed by atoms with Crippen molar-refractivity contribution < 1.29 is 23.9 Å². The van der Waals surface area contributed by atoms with Gasteiger partial charge in [0.2, 0.25) is 0 Å². The van der Waals surface area contributed by atoms with Gasteiger partial charge in [0.15, 0.2) is 12.4 Å². The van der Waals surface area contributed by atoms with Crippen LogP contribution in [-0.4, -0.2) is 42.8 Å². The van der Waals surface area contributed by atoms with E-state index in [1.165, 1.54) is 6.92 Å². The summed E-state index contributed by atoms with van der Waals surface area (Å²) in [5.74, 6) is -1.94. The van der Waals surface area contributed by atoms with Crippen molar-refractivity contribution in [3.05, 3.63) is 71.3 Å². The van der Waals surface area contributed by atoms with E-state index in [4.69, 9.17) is 4.74 Å². The Bertz CT molecular complexity index is 947. The van der Waals surface area contributed by atoms with Crippen molar-refractivity contribution in [3.63, 3.8) is 0 Å². The average molecular weight is 439 g/mol. The van der Waals surface area contributed by atoms with Gasteiger partial charge in [-0.1, -0.05) is 63.2 Å². The third-order valence-electron chi connectivity index (χ3n) is 4.88. The first-order valence-corrected chi connectivity index (χ1v) is 10.4. The van der Waals surface area contributed by atoms with Gasteiger partial charge in [0.1, 0.15) is 6.54 Å². The van der Waals surface area contributed by atoms with Crippen molar-refractivity contribution in [1.82, 2.24) is 10.6 Å². The lowest BCUT2D eigenvalue weighted by atomic mass is 9.87. The minimum atomic E-state index is -0.748. The number of nitrogens with one attached hydrogen (secondary N) is 2. The molecule has 1 atom stereocenters. The van der Waals surface area contributed by atoms with Crippen LogP contribution in [0.2, 0.25) is 0 Å². The van der Waals surface area contributed by atoms with Crippen molar-refractivity contribution in [1.29, 1.82) is 0 Å². The van der Waals surface area contributed by atoms with Gasteiger partial charge in [-0.15, -0.1) is 0 Å². The van der Waals surface area contributed by atoms with Gasteiger partial charge in [0.05, 0.1) is 6.04 Å². The number of hydrogen-bond acceptors (Lipinski definition) is 5. The van der Waals surface area contributed by atoms with Crippen LogP contribution in [0, 0.1) is 0 Å². The molecule has 0 saturated carbocycles. The minimum Gasteiger partial charge on any atom is -0.454 e. The maximum Gasteiger partial charge on any atom is 0.325 e. The molecule has 0 bridgehead atoms. The van der Waals surface area contributed by atoms with Gasteiger partial charge in [-0.05, 0) is 42.0 Å². The van der Waals surface area contributed by atoms with Crippen LogP contribution >= 0.6 is 0 Å². The van der Waals surface area contributed by atoms with Gasteiger partial charge in [-0.2, -0.15) is 0 Å². The first-order valence-electron chi connectivity index (χ1n) is 10.4. The highest BCUT2D eigenvalue weighted by molar-refractivity contribution is 5.96. The molecular formula is C25H30N2O5. The summed E-state index contributed by atoms with van der Waals surface area (Å²) in [5, 5.41) is 5.05. The molecule has 0 heterocycles. The monoisotopic (exact) mass is 438 g/mol. The Labute approximate surface area is 188 Å². The first kappa shape index (κ1) is 24.8. The lowest BCUT2D eigenvalue weighted by Crippen LogP contribution is -2.43. The molecule has 2 N–H and O–H groups in total. The number of Topliss-reactive ketones (excluding diaryl/α,β-unsaturated/α-hetero) is 1. The number of ether oxygens (including phenoxy) is 1. The highest BCUT2D eigenvalue weighted by Crippen LogP contribution is 2.22. The van der Waals surface area contributed by atoms with Crippen LogP contribution in [0.25, 0.3) is 0 Å². The molecule has 2 aromatic rings. The summed E-state index contributed by atoms with van der Waals surface area (Å²) in [5.41, 5.74) is 2.40. The van der Waals surface area contributed by atoms with E-state index in [9.17, 15) is 19.2 Å². The van der Waals surface area contributed by atoms with Crippen LogP contribution in [0.1, 0.15) is 49.2 Å². The fourth-order valence-electron chi connectivity index (χ4n) is 2.96. The number of carbonyl (C=O) groups is 4. The number of hydrogen-bond donors (Lipinski definition) is 2. The summed E-state index contributed by atoms with van der Waals surface area (Å²) in [6.07, 6.45) is 0.347. The first-order chi connectivity index (χ1) is 15.1. The van der Waals surface area contributed by atoms with Gasteiger partial charge in [0.25, 0.3) is 11.8 Å². The second-order valence-electron chi connectivity index (χ2n) is 8.59. The molecule has 2 amide bonds. The normalized spacial score (nSPS) is 11.9. The number of carbonyl (C=O) groups excluding carboxylic acids is 4. The molecule has 170 valence electrons. The molecule has 2 aromatic carbocycles. The number of benzene rings is 2. The van der Waals surface area contributed by atoms with E-state index in [0.29, 0.717) is 12.0 Å². The fraction of sp³-hybridized carbons (Fsp3) is 0.360. The Kier molecular flexibility index (Phi) is 8.70. The van der Waals surface area contributed by atoms with E-state index < -0.39 is 30.4 Å². The minimum absolute atomic E-state index is 0.0259. The highest BCUT2D eigenvalue weighted by atomic mass is 16.5. The molecule has 0 aliphatic carbocycles. The number of ketones is 1. The summed E-state index contributed by atoms with van der Waals surface area (Å²) in [6, 6.07) is 15.7. The van der Waals surface area contributed by atoms with Gasteiger partial charge < -0.3 is 15.4 Å². The number of esters is 1. The highest BCUT2D eigenvalue weighted by Gasteiger charge is 2.19. The molecule has 0 fully saturated rings. The molecule has 1 unspecified atom stereocenters. The molecule has 0 radical (unpaired) electrons.